The molecule has 0 fully saturated rings. The van der Waals surface area contributed by atoms with Gasteiger partial charge in [-0.2, -0.15) is 10.2 Å². The third kappa shape index (κ3) is 2.88. The van der Waals surface area contributed by atoms with E-state index in [0.29, 0.717) is 6.54 Å². The Morgan fingerprint density at radius 3 is 2.78 bits per heavy atom. The molecule has 2 aromatic rings. The Kier molecular flexibility index (Phi) is 4.33. The molecule has 0 spiro atoms. The van der Waals surface area contributed by atoms with Crippen LogP contribution in [-0.4, -0.2) is 26.9 Å². The van der Waals surface area contributed by atoms with Gasteiger partial charge in [-0.15, -0.1) is 10.2 Å². The summed E-state index contributed by atoms with van der Waals surface area (Å²) in [5.74, 6) is 0. The smallest absolute Gasteiger partial charge is 0.149 e. The monoisotopic (exact) mass is 263 g/mol. The number of nitrogens with two attached hydrogens (primary N) is 1. The van der Waals surface area contributed by atoms with Crippen molar-refractivity contribution in [3.05, 3.63) is 22.5 Å². The molecule has 2 heterocycles. The van der Waals surface area contributed by atoms with Crippen LogP contribution in [0.1, 0.15) is 29.7 Å². The van der Waals surface area contributed by atoms with Gasteiger partial charge < -0.3 is 5.73 Å². The highest BCUT2D eigenvalue weighted by Crippen LogP contribution is 2.26. The zero-order valence-corrected chi connectivity index (χ0v) is 11.5. The molecule has 96 valence electrons. The standard InChI is InChI=1S/C12H17N5S/c1-3-10-9(7-8(2)14-15-10)12-17-16-11(18-12)5-4-6-13/h7H,3-6,13H2,1-2H3. The Morgan fingerprint density at radius 2 is 2.06 bits per heavy atom. The van der Waals surface area contributed by atoms with Crippen LogP contribution in [0, 0.1) is 6.92 Å². The van der Waals surface area contributed by atoms with E-state index < -0.39 is 0 Å². The van der Waals surface area contributed by atoms with Crippen molar-refractivity contribution < 1.29 is 0 Å². The average Bonchev–Trinajstić information content (AvgIpc) is 2.85. The molecule has 0 unspecified atom stereocenters. The van der Waals surface area contributed by atoms with Gasteiger partial charge in [0, 0.05) is 12.0 Å². The molecule has 0 bridgehead atoms. The van der Waals surface area contributed by atoms with Gasteiger partial charge in [-0.3, -0.25) is 0 Å². The normalized spacial score (nSPS) is 10.8. The van der Waals surface area contributed by atoms with Crippen molar-refractivity contribution >= 4 is 11.3 Å². The fraction of sp³-hybridized carbons (Fsp3) is 0.500. The van der Waals surface area contributed by atoms with E-state index in [0.717, 1.165) is 46.2 Å². The van der Waals surface area contributed by atoms with E-state index in [1.54, 1.807) is 11.3 Å². The van der Waals surface area contributed by atoms with Gasteiger partial charge in [-0.05, 0) is 32.4 Å². The zero-order valence-electron chi connectivity index (χ0n) is 10.7. The molecule has 0 aliphatic rings. The summed E-state index contributed by atoms with van der Waals surface area (Å²) in [7, 11) is 0. The molecule has 0 saturated carbocycles. The van der Waals surface area contributed by atoms with Gasteiger partial charge in [0.05, 0.1) is 11.4 Å². The van der Waals surface area contributed by atoms with Crippen molar-refractivity contribution in [1.82, 2.24) is 20.4 Å². The molecule has 0 aromatic carbocycles. The first kappa shape index (κ1) is 13.0. The van der Waals surface area contributed by atoms with E-state index in [-0.39, 0.29) is 0 Å². The second kappa shape index (κ2) is 5.97. The molecule has 0 atom stereocenters. The van der Waals surface area contributed by atoms with E-state index in [1.165, 1.54) is 0 Å². The molecular weight excluding hydrogens is 246 g/mol. The molecule has 5 nitrogen and oxygen atoms in total. The summed E-state index contributed by atoms with van der Waals surface area (Å²) >= 11 is 1.62. The van der Waals surface area contributed by atoms with Crippen molar-refractivity contribution in [1.29, 1.82) is 0 Å². The highest BCUT2D eigenvalue weighted by Gasteiger charge is 2.12. The van der Waals surface area contributed by atoms with E-state index >= 15 is 0 Å². The third-order valence-electron chi connectivity index (χ3n) is 2.62. The molecular formula is C12H17N5S. The minimum absolute atomic E-state index is 0.686. The van der Waals surface area contributed by atoms with E-state index in [4.69, 9.17) is 5.73 Å². The number of rotatable bonds is 5. The average molecular weight is 263 g/mol. The van der Waals surface area contributed by atoms with Crippen molar-refractivity contribution in [2.45, 2.75) is 33.1 Å². The predicted octanol–water partition coefficient (Wildman–Crippen LogP) is 1.76. The molecule has 0 saturated heterocycles. The van der Waals surface area contributed by atoms with Gasteiger partial charge in [0.25, 0.3) is 0 Å². The van der Waals surface area contributed by atoms with Crippen LogP contribution >= 0.6 is 11.3 Å². The quantitative estimate of drug-likeness (QED) is 0.889. The molecule has 2 aromatic heterocycles. The second-order valence-corrected chi connectivity index (χ2v) is 5.15. The highest BCUT2D eigenvalue weighted by molar-refractivity contribution is 7.14. The van der Waals surface area contributed by atoms with Gasteiger partial charge in [-0.1, -0.05) is 18.3 Å². The lowest BCUT2D eigenvalue weighted by atomic mass is 10.1. The number of aryl methyl sites for hydroxylation is 3. The molecule has 0 aliphatic heterocycles. The van der Waals surface area contributed by atoms with E-state index in [9.17, 15) is 0 Å². The molecule has 18 heavy (non-hydrogen) atoms. The highest BCUT2D eigenvalue weighted by atomic mass is 32.1. The number of hydrogen-bond acceptors (Lipinski definition) is 6. The largest absolute Gasteiger partial charge is 0.330 e. The first-order valence-electron chi connectivity index (χ1n) is 6.10. The number of nitrogens with zero attached hydrogens (tertiary/aromatic N) is 4. The van der Waals surface area contributed by atoms with Crippen molar-refractivity contribution in [2.75, 3.05) is 6.54 Å². The van der Waals surface area contributed by atoms with Gasteiger partial charge in [0.2, 0.25) is 0 Å². The van der Waals surface area contributed by atoms with Crippen LogP contribution in [0.3, 0.4) is 0 Å². The van der Waals surface area contributed by atoms with Crippen LogP contribution in [0.25, 0.3) is 10.6 Å². The Hall–Kier alpha value is -1.40. The Labute approximate surface area is 110 Å². The van der Waals surface area contributed by atoms with Crippen LogP contribution in [0.5, 0.6) is 0 Å². The Morgan fingerprint density at radius 1 is 1.22 bits per heavy atom. The van der Waals surface area contributed by atoms with Crippen LogP contribution in [0.2, 0.25) is 0 Å². The number of hydrogen-bond donors (Lipinski definition) is 1. The topological polar surface area (TPSA) is 77.6 Å². The fourth-order valence-electron chi connectivity index (χ4n) is 1.68. The maximum absolute atomic E-state index is 5.50. The summed E-state index contributed by atoms with van der Waals surface area (Å²) in [6.07, 6.45) is 2.69. The van der Waals surface area contributed by atoms with Crippen molar-refractivity contribution in [3.8, 4) is 10.6 Å². The molecule has 0 aliphatic carbocycles. The summed E-state index contributed by atoms with van der Waals surface area (Å²) < 4.78 is 0. The van der Waals surface area contributed by atoms with E-state index in [2.05, 4.69) is 27.3 Å². The van der Waals surface area contributed by atoms with Crippen LogP contribution < -0.4 is 5.73 Å². The van der Waals surface area contributed by atoms with Gasteiger partial charge in [0.15, 0.2) is 0 Å². The molecule has 6 heteroatoms. The first-order valence-corrected chi connectivity index (χ1v) is 6.92. The summed E-state index contributed by atoms with van der Waals surface area (Å²) in [5, 5.41) is 18.7. The summed E-state index contributed by atoms with van der Waals surface area (Å²) in [4.78, 5) is 0. The lowest BCUT2D eigenvalue weighted by Gasteiger charge is -2.02. The lowest BCUT2D eigenvalue weighted by molar-refractivity contribution is 0.812. The molecule has 0 amide bonds. The predicted molar refractivity (Wildman–Crippen MR) is 72.4 cm³/mol. The van der Waals surface area contributed by atoms with Gasteiger partial charge >= 0.3 is 0 Å². The maximum atomic E-state index is 5.50. The van der Waals surface area contributed by atoms with Crippen molar-refractivity contribution in [2.24, 2.45) is 5.73 Å². The van der Waals surface area contributed by atoms with Crippen LogP contribution in [-0.2, 0) is 12.8 Å². The lowest BCUT2D eigenvalue weighted by Crippen LogP contribution is -1.99. The molecule has 2 N–H and O–H groups in total. The van der Waals surface area contributed by atoms with Crippen LogP contribution in [0.15, 0.2) is 6.07 Å². The minimum atomic E-state index is 0.686. The van der Waals surface area contributed by atoms with E-state index in [1.807, 2.05) is 13.0 Å². The summed E-state index contributed by atoms with van der Waals surface area (Å²) in [6.45, 7) is 4.69. The molecule has 2 rings (SSSR count). The maximum Gasteiger partial charge on any atom is 0.149 e. The fourth-order valence-corrected chi connectivity index (χ4v) is 2.60. The summed E-state index contributed by atoms with van der Waals surface area (Å²) in [6, 6.07) is 2.03. The zero-order chi connectivity index (χ0) is 13.0. The Balaban J connectivity index is 2.30. The third-order valence-corrected chi connectivity index (χ3v) is 3.64. The Bertz CT molecular complexity index is 523. The SMILES string of the molecule is CCc1nnc(C)cc1-c1nnc(CCCN)s1. The number of aromatic nitrogens is 4. The molecule has 0 radical (unpaired) electrons. The van der Waals surface area contributed by atoms with Crippen molar-refractivity contribution in [3.63, 3.8) is 0 Å². The minimum Gasteiger partial charge on any atom is -0.330 e. The summed E-state index contributed by atoms with van der Waals surface area (Å²) in [5.41, 5.74) is 8.43. The van der Waals surface area contributed by atoms with Crippen LogP contribution in [0.4, 0.5) is 0 Å². The first-order chi connectivity index (χ1) is 8.74. The second-order valence-electron chi connectivity index (χ2n) is 4.09. The van der Waals surface area contributed by atoms with Gasteiger partial charge in [0.1, 0.15) is 10.0 Å². The van der Waals surface area contributed by atoms with Gasteiger partial charge in [-0.25, -0.2) is 0 Å².